The average molecular weight is 263 g/mol. The summed E-state index contributed by atoms with van der Waals surface area (Å²) in [6.07, 6.45) is 0.574. The molecule has 6 heteroatoms. The number of primary amides is 1. The van der Waals surface area contributed by atoms with E-state index in [1.54, 1.807) is 6.07 Å². The minimum absolute atomic E-state index is 0.0448. The number of halogens is 1. The second-order valence-electron chi connectivity index (χ2n) is 3.72. The third kappa shape index (κ3) is 2.98. The fourth-order valence-electron chi connectivity index (χ4n) is 1.48. The second-order valence-corrected chi connectivity index (χ2v) is 3.72. The van der Waals surface area contributed by atoms with Crippen LogP contribution in [-0.4, -0.2) is 12.2 Å². The number of amides is 1. The van der Waals surface area contributed by atoms with E-state index in [1.807, 2.05) is 0 Å². The fourth-order valence-corrected chi connectivity index (χ4v) is 1.48. The molecule has 1 heterocycles. The Bertz CT molecular complexity index is 621. The van der Waals surface area contributed by atoms with E-state index < -0.39 is 11.7 Å². The lowest BCUT2D eigenvalue weighted by Crippen LogP contribution is -2.13. The molecule has 0 fully saturated rings. The van der Waals surface area contributed by atoms with Crippen LogP contribution in [0.25, 0.3) is 0 Å². The minimum Gasteiger partial charge on any atom is -0.486 e. The van der Waals surface area contributed by atoms with Crippen LogP contribution < -0.4 is 10.5 Å². The number of rotatable bonds is 5. The summed E-state index contributed by atoms with van der Waals surface area (Å²) in [6.45, 7) is 0.0448. The Morgan fingerprint density at radius 3 is 2.74 bits per heavy atom. The average Bonchev–Trinajstić information content (AvgIpc) is 2.84. The molecule has 0 aliphatic carbocycles. The first kappa shape index (κ1) is 12.8. The van der Waals surface area contributed by atoms with Crippen molar-refractivity contribution >= 4 is 12.2 Å². The summed E-state index contributed by atoms with van der Waals surface area (Å²) in [5.74, 6) is -0.745. The SMILES string of the molecule is NC(=O)c1ccc(OCc2ccc(C=O)o2)cc1F. The zero-order valence-electron chi connectivity index (χ0n) is 9.76. The number of carbonyl (C=O) groups excluding carboxylic acids is 2. The summed E-state index contributed by atoms with van der Waals surface area (Å²) in [6, 6.07) is 6.81. The maximum absolute atomic E-state index is 13.4. The number of benzene rings is 1. The molecule has 0 bridgehead atoms. The van der Waals surface area contributed by atoms with Gasteiger partial charge in [0, 0.05) is 6.07 Å². The van der Waals surface area contributed by atoms with Crippen LogP contribution in [0.1, 0.15) is 26.7 Å². The van der Waals surface area contributed by atoms with Crippen molar-refractivity contribution in [3.63, 3.8) is 0 Å². The number of hydrogen-bond donors (Lipinski definition) is 1. The van der Waals surface area contributed by atoms with Crippen LogP contribution in [0.2, 0.25) is 0 Å². The van der Waals surface area contributed by atoms with Crippen LogP contribution in [0.5, 0.6) is 5.75 Å². The predicted molar refractivity (Wildman–Crippen MR) is 63.3 cm³/mol. The number of aldehydes is 1. The minimum atomic E-state index is -0.842. The van der Waals surface area contributed by atoms with Gasteiger partial charge in [0.2, 0.25) is 0 Å². The molecule has 0 aliphatic rings. The molecular formula is C13H10FNO4. The number of carbonyl (C=O) groups is 2. The van der Waals surface area contributed by atoms with Crippen molar-refractivity contribution in [2.45, 2.75) is 6.61 Å². The fraction of sp³-hybridized carbons (Fsp3) is 0.0769. The molecule has 0 unspecified atom stereocenters. The van der Waals surface area contributed by atoms with E-state index in [2.05, 4.69) is 0 Å². The second kappa shape index (κ2) is 5.34. The number of hydrogen-bond acceptors (Lipinski definition) is 4. The molecule has 0 atom stereocenters. The Hall–Kier alpha value is -2.63. The zero-order chi connectivity index (χ0) is 13.8. The zero-order valence-corrected chi connectivity index (χ0v) is 9.76. The van der Waals surface area contributed by atoms with Gasteiger partial charge in [-0.2, -0.15) is 0 Å². The van der Waals surface area contributed by atoms with Crippen LogP contribution in [-0.2, 0) is 6.61 Å². The molecule has 1 amide bonds. The first-order valence-electron chi connectivity index (χ1n) is 5.36. The first-order valence-corrected chi connectivity index (χ1v) is 5.36. The van der Waals surface area contributed by atoms with E-state index in [-0.39, 0.29) is 23.7 Å². The Morgan fingerprint density at radius 2 is 2.16 bits per heavy atom. The Morgan fingerprint density at radius 1 is 1.37 bits per heavy atom. The highest BCUT2D eigenvalue weighted by Crippen LogP contribution is 2.18. The molecular weight excluding hydrogens is 253 g/mol. The summed E-state index contributed by atoms with van der Waals surface area (Å²) in [7, 11) is 0. The van der Waals surface area contributed by atoms with Gasteiger partial charge in [-0.25, -0.2) is 4.39 Å². The molecule has 1 aromatic heterocycles. The number of nitrogens with two attached hydrogens (primary N) is 1. The van der Waals surface area contributed by atoms with Crippen molar-refractivity contribution in [3.05, 3.63) is 53.2 Å². The Labute approximate surface area is 107 Å². The van der Waals surface area contributed by atoms with Gasteiger partial charge in [0.15, 0.2) is 12.0 Å². The van der Waals surface area contributed by atoms with Gasteiger partial charge in [-0.15, -0.1) is 0 Å². The van der Waals surface area contributed by atoms with E-state index in [0.717, 1.165) is 6.07 Å². The van der Waals surface area contributed by atoms with E-state index in [9.17, 15) is 14.0 Å². The third-order valence-corrected chi connectivity index (χ3v) is 2.39. The van der Waals surface area contributed by atoms with E-state index in [0.29, 0.717) is 12.0 Å². The van der Waals surface area contributed by atoms with Crippen molar-refractivity contribution in [2.24, 2.45) is 5.73 Å². The number of ether oxygens (including phenoxy) is 1. The molecule has 1 aromatic carbocycles. The summed E-state index contributed by atoms with van der Waals surface area (Å²) >= 11 is 0. The predicted octanol–water partition coefficient (Wildman–Crippen LogP) is 1.91. The lowest BCUT2D eigenvalue weighted by Gasteiger charge is -2.05. The number of furan rings is 1. The quantitative estimate of drug-likeness (QED) is 0.835. The van der Waals surface area contributed by atoms with Gasteiger partial charge in [-0.05, 0) is 24.3 Å². The summed E-state index contributed by atoms with van der Waals surface area (Å²) in [4.78, 5) is 21.3. The van der Waals surface area contributed by atoms with Gasteiger partial charge >= 0.3 is 0 Å². The van der Waals surface area contributed by atoms with Crippen LogP contribution in [0.15, 0.2) is 34.7 Å². The first-order chi connectivity index (χ1) is 9.10. The lowest BCUT2D eigenvalue weighted by molar-refractivity contribution is 0.0996. The van der Waals surface area contributed by atoms with Crippen LogP contribution in [0, 0.1) is 5.82 Å². The maximum Gasteiger partial charge on any atom is 0.251 e. The molecule has 19 heavy (non-hydrogen) atoms. The van der Waals surface area contributed by atoms with Crippen molar-refractivity contribution in [2.75, 3.05) is 0 Å². The van der Waals surface area contributed by atoms with Gasteiger partial charge in [0.05, 0.1) is 5.56 Å². The molecule has 98 valence electrons. The van der Waals surface area contributed by atoms with Crippen LogP contribution in [0.3, 0.4) is 0 Å². The summed E-state index contributed by atoms with van der Waals surface area (Å²) < 4.78 is 23.8. The molecule has 0 aliphatic heterocycles. The molecule has 0 saturated heterocycles. The van der Waals surface area contributed by atoms with Crippen LogP contribution >= 0.6 is 0 Å². The van der Waals surface area contributed by atoms with Crippen molar-refractivity contribution in [1.82, 2.24) is 0 Å². The van der Waals surface area contributed by atoms with E-state index in [4.69, 9.17) is 14.9 Å². The van der Waals surface area contributed by atoms with Crippen molar-refractivity contribution in [3.8, 4) is 5.75 Å². The highest BCUT2D eigenvalue weighted by atomic mass is 19.1. The normalized spacial score (nSPS) is 10.2. The van der Waals surface area contributed by atoms with E-state index in [1.165, 1.54) is 18.2 Å². The molecule has 0 radical (unpaired) electrons. The standard InChI is InChI=1S/C13H10FNO4/c14-12-5-8(3-4-11(12)13(15)17)18-7-10-2-1-9(6-16)19-10/h1-6H,7H2,(H2,15,17). The molecule has 2 aromatic rings. The van der Waals surface area contributed by atoms with Gasteiger partial charge < -0.3 is 14.9 Å². The largest absolute Gasteiger partial charge is 0.486 e. The van der Waals surface area contributed by atoms with Crippen molar-refractivity contribution < 1.29 is 23.1 Å². The third-order valence-electron chi connectivity index (χ3n) is 2.39. The molecule has 5 nitrogen and oxygen atoms in total. The van der Waals surface area contributed by atoms with Crippen LogP contribution in [0.4, 0.5) is 4.39 Å². The van der Waals surface area contributed by atoms with Gasteiger partial charge in [0.1, 0.15) is 23.9 Å². The van der Waals surface area contributed by atoms with Gasteiger partial charge in [0.25, 0.3) is 5.91 Å². The highest BCUT2D eigenvalue weighted by molar-refractivity contribution is 5.93. The molecule has 2 rings (SSSR count). The maximum atomic E-state index is 13.4. The van der Waals surface area contributed by atoms with Gasteiger partial charge in [-0.1, -0.05) is 0 Å². The Balaban J connectivity index is 2.05. The molecule has 0 spiro atoms. The van der Waals surface area contributed by atoms with E-state index >= 15 is 0 Å². The highest BCUT2D eigenvalue weighted by Gasteiger charge is 2.09. The Kier molecular flexibility index (Phi) is 3.61. The summed E-state index contributed by atoms with van der Waals surface area (Å²) in [5.41, 5.74) is 4.78. The molecule has 0 saturated carbocycles. The molecule has 2 N–H and O–H groups in total. The smallest absolute Gasteiger partial charge is 0.251 e. The topological polar surface area (TPSA) is 82.5 Å². The lowest BCUT2D eigenvalue weighted by atomic mass is 10.2. The summed E-state index contributed by atoms with van der Waals surface area (Å²) in [5, 5.41) is 0. The van der Waals surface area contributed by atoms with Gasteiger partial charge in [-0.3, -0.25) is 9.59 Å². The monoisotopic (exact) mass is 263 g/mol. The van der Waals surface area contributed by atoms with Crippen molar-refractivity contribution in [1.29, 1.82) is 0 Å².